The van der Waals surface area contributed by atoms with E-state index in [0.29, 0.717) is 18.0 Å². The topological polar surface area (TPSA) is 44.8 Å². The summed E-state index contributed by atoms with van der Waals surface area (Å²) in [5.74, 6) is 0.262. The van der Waals surface area contributed by atoms with Crippen molar-refractivity contribution in [2.45, 2.75) is 26.5 Å². The van der Waals surface area contributed by atoms with Gasteiger partial charge in [0.05, 0.1) is 0 Å². The molecule has 0 aliphatic carbocycles. The van der Waals surface area contributed by atoms with E-state index < -0.39 is 6.61 Å². The highest BCUT2D eigenvalue weighted by Crippen LogP contribution is 2.16. The molecule has 1 unspecified atom stereocenters. The van der Waals surface area contributed by atoms with Crippen molar-refractivity contribution in [3.63, 3.8) is 0 Å². The first-order valence-corrected chi connectivity index (χ1v) is 8.62. The first-order valence-electron chi connectivity index (χ1n) is 8.62. The molecule has 0 spiro atoms. The average molecular weight is 355 g/mol. The van der Waals surface area contributed by atoms with Gasteiger partial charge in [-0.1, -0.05) is 13.8 Å². The molecular formula is C18H27F2N3O2. The van der Waals surface area contributed by atoms with Crippen LogP contribution in [0.25, 0.3) is 0 Å². The molecule has 1 atom stereocenters. The Morgan fingerprint density at radius 2 is 1.76 bits per heavy atom. The van der Waals surface area contributed by atoms with Crippen LogP contribution in [-0.2, 0) is 0 Å². The third kappa shape index (κ3) is 5.93. The molecule has 1 aliphatic rings. The van der Waals surface area contributed by atoms with E-state index in [-0.39, 0.29) is 17.7 Å². The van der Waals surface area contributed by atoms with Gasteiger partial charge in [0, 0.05) is 44.3 Å². The van der Waals surface area contributed by atoms with E-state index in [0.717, 1.165) is 26.2 Å². The summed E-state index contributed by atoms with van der Waals surface area (Å²) < 4.78 is 28.6. The molecule has 2 rings (SSSR count). The van der Waals surface area contributed by atoms with Gasteiger partial charge < -0.3 is 15.0 Å². The summed E-state index contributed by atoms with van der Waals surface area (Å²) in [6, 6.07) is 6.02. The summed E-state index contributed by atoms with van der Waals surface area (Å²) in [6.07, 6.45) is 0. The van der Waals surface area contributed by atoms with Gasteiger partial charge in [-0.05, 0) is 37.2 Å². The third-order valence-corrected chi connectivity index (χ3v) is 4.59. The number of likely N-dealkylation sites (N-methyl/N-ethyl adjacent to an activating group) is 1. The summed E-state index contributed by atoms with van der Waals surface area (Å²) in [6.45, 7) is 6.07. The van der Waals surface area contributed by atoms with E-state index in [1.807, 2.05) is 0 Å². The van der Waals surface area contributed by atoms with Crippen molar-refractivity contribution in [2.75, 3.05) is 39.8 Å². The lowest BCUT2D eigenvalue weighted by Gasteiger charge is -2.39. The summed E-state index contributed by atoms with van der Waals surface area (Å²) in [4.78, 5) is 17.0. The van der Waals surface area contributed by atoms with Crippen molar-refractivity contribution in [2.24, 2.45) is 5.92 Å². The van der Waals surface area contributed by atoms with Crippen LogP contribution < -0.4 is 10.1 Å². The molecule has 140 valence electrons. The number of carbonyl (C=O) groups is 1. The Labute approximate surface area is 147 Å². The second kappa shape index (κ2) is 9.10. The Morgan fingerprint density at radius 3 is 2.28 bits per heavy atom. The lowest BCUT2D eigenvalue weighted by molar-refractivity contribution is -0.0498. The molecule has 5 nitrogen and oxygen atoms in total. The van der Waals surface area contributed by atoms with Crippen LogP contribution in [0.2, 0.25) is 0 Å². The fraction of sp³-hybridized carbons (Fsp3) is 0.611. The zero-order chi connectivity index (χ0) is 18.4. The second-order valence-electron chi connectivity index (χ2n) is 6.76. The van der Waals surface area contributed by atoms with Gasteiger partial charge in [-0.2, -0.15) is 8.78 Å². The van der Waals surface area contributed by atoms with Gasteiger partial charge in [-0.3, -0.25) is 9.69 Å². The lowest BCUT2D eigenvalue weighted by Crippen LogP contribution is -2.54. The molecule has 1 amide bonds. The maximum atomic E-state index is 12.3. The van der Waals surface area contributed by atoms with E-state index in [9.17, 15) is 13.6 Å². The highest BCUT2D eigenvalue weighted by molar-refractivity contribution is 5.94. The van der Waals surface area contributed by atoms with Crippen LogP contribution in [0, 0.1) is 5.92 Å². The normalized spacial score (nSPS) is 17.7. The zero-order valence-electron chi connectivity index (χ0n) is 15.0. The number of alkyl halides is 2. The minimum atomic E-state index is -2.87. The number of nitrogens with one attached hydrogen (secondary N) is 1. The minimum Gasteiger partial charge on any atom is -0.435 e. The van der Waals surface area contributed by atoms with Gasteiger partial charge in [-0.15, -0.1) is 0 Å². The van der Waals surface area contributed by atoms with E-state index in [2.05, 4.69) is 40.7 Å². The maximum Gasteiger partial charge on any atom is 0.387 e. The Balaban J connectivity index is 1.90. The van der Waals surface area contributed by atoms with Crippen molar-refractivity contribution in [3.05, 3.63) is 29.8 Å². The summed E-state index contributed by atoms with van der Waals surface area (Å²) in [5, 5.41) is 2.97. The number of amides is 1. The number of ether oxygens (including phenoxy) is 1. The number of benzene rings is 1. The monoisotopic (exact) mass is 355 g/mol. The van der Waals surface area contributed by atoms with Gasteiger partial charge in [0.25, 0.3) is 5.91 Å². The number of halogens is 2. The first-order chi connectivity index (χ1) is 11.9. The number of carbonyl (C=O) groups excluding carboxylic acids is 1. The van der Waals surface area contributed by atoms with Crippen LogP contribution in [-0.4, -0.2) is 68.1 Å². The number of hydrogen-bond acceptors (Lipinski definition) is 4. The molecule has 25 heavy (non-hydrogen) atoms. The van der Waals surface area contributed by atoms with Gasteiger partial charge in [-0.25, -0.2) is 0 Å². The molecule has 1 aliphatic heterocycles. The predicted octanol–water partition coefficient (Wildman–Crippen LogP) is 2.29. The molecule has 0 saturated carbocycles. The summed E-state index contributed by atoms with van der Waals surface area (Å²) >= 11 is 0. The summed E-state index contributed by atoms with van der Waals surface area (Å²) in [5.41, 5.74) is 0.433. The fourth-order valence-electron chi connectivity index (χ4n) is 3.03. The fourth-order valence-corrected chi connectivity index (χ4v) is 3.03. The molecule has 0 aromatic heterocycles. The molecule has 7 heteroatoms. The maximum absolute atomic E-state index is 12.3. The number of hydrogen-bond donors (Lipinski definition) is 1. The molecule has 1 N–H and O–H groups in total. The Kier molecular flexibility index (Phi) is 7.13. The Bertz CT molecular complexity index is 544. The van der Waals surface area contributed by atoms with Crippen molar-refractivity contribution < 1.29 is 18.3 Å². The van der Waals surface area contributed by atoms with Crippen LogP contribution >= 0.6 is 0 Å². The van der Waals surface area contributed by atoms with Crippen molar-refractivity contribution in [1.29, 1.82) is 0 Å². The van der Waals surface area contributed by atoms with Crippen LogP contribution in [0.3, 0.4) is 0 Å². The van der Waals surface area contributed by atoms with Gasteiger partial charge in [0.2, 0.25) is 0 Å². The molecular weight excluding hydrogens is 328 g/mol. The molecule has 1 aromatic rings. The van der Waals surface area contributed by atoms with Gasteiger partial charge >= 0.3 is 6.61 Å². The molecule has 0 bridgehead atoms. The third-order valence-electron chi connectivity index (χ3n) is 4.59. The van der Waals surface area contributed by atoms with E-state index in [1.54, 1.807) is 0 Å². The van der Waals surface area contributed by atoms with Crippen LogP contribution in [0.1, 0.15) is 24.2 Å². The number of rotatable bonds is 7. The lowest BCUT2D eigenvalue weighted by atomic mass is 10.0. The van der Waals surface area contributed by atoms with Crippen LogP contribution in [0.15, 0.2) is 24.3 Å². The Hall–Kier alpha value is -1.73. The average Bonchev–Trinajstić information content (AvgIpc) is 2.56. The van der Waals surface area contributed by atoms with E-state index in [1.165, 1.54) is 24.3 Å². The van der Waals surface area contributed by atoms with Crippen molar-refractivity contribution in [1.82, 2.24) is 15.1 Å². The number of piperazine rings is 1. The zero-order valence-corrected chi connectivity index (χ0v) is 15.0. The van der Waals surface area contributed by atoms with Crippen molar-refractivity contribution in [3.8, 4) is 5.75 Å². The summed E-state index contributed by atoms with van der Waals surface area (Å²) in [7, 11) is 2.12. The van der Waals surface area contributed by atoms with Gasteiger partial charge in [0.15, 0.2) is 0 Å². The smallest absolute Gasteiger partial charge is 0.387 e. The quantitative estimate of drug-likeness (QED) is 0.815. The SMILES string of the molecule is CC(C)C(CNC(=O)c1ccc(OC(F)F)cc1)N1CCN(C)CC1. The predicted molar refractivity (Wildman–Crippen MR) is 93.1 cm³/mol. The minimum absolute atomic E-state index is 0.0454. The molecule has 1 aromatic carbocycles. The van der Waals surface area contributed by atoms with Gasteiger partial charge in [0.1, 0.15) is 5.75 Å². The van der Waals surface area contributed by atoms with Crippen LogP contribution in [0.4, 0.5) is 8.78 Å². The van der Waals surface area contributed by atoms with E-state index in [4.69, 9.17) is 0 Å². The molecule has 1 fully saturated rings. The Morgan fingerprint density at radius 1 is 1.16 bits per heavy atom. The first kappa shape index (κ1) is 19.6. The van der Waals surface area contributed by atoms with E-state index >= 15 is 0 Å². The molecule has 0 radical (unpaired) electrons. The second-order valence-corrected chi connectivity index (χ2v) is 6.76. The number of nitrogens with zero attached hydrogens (tertiary/aromatic N) is 2. The molecule has 1 heterocycles. The largest absolute Gasteiger partial charge is 0.435 e. The highest BCUT2D eigenvalue weighted by Gasteiger charge is 2.25. The van der Waals surface area contributed by atoms with Crippen molar-refractivity contribution >= 4 is 5.91 Å². The van der Waals surface area contributed by atoms with Crippen LogP contribution in [0.5, 0.6) is 5.75 Å². The standard InChI is InChI=1S/C18H27F2N3O2/c1-13(2)16(23-10-8-22(3)9-11-23)12-21-17(24)14-4-6-15(7-5-14)25-18(19)20/h4-7,13,16,18H,8-12H2,1-3H3,(H,21,24). The highest BCUT2D eigenvalue weighted by atomic mass is 19.3. The molecule has 1 saturated heterocycles.